The highest BCUT2D eigenvalue weighted by atomic mass is 16.5. The molecule has 3 nitrogen and oxygen atoms in total. The summed E-state index contributed by atoms with van der Waals surface area (Å²) in [6.07, 6.45) is 1.56. The summed E-state index contributed by atoms with van der Waals surface area (Å²) in [6.45, 7) is 9.12. The van der Waals surface area contributed by atoms with Crippen LogP contribution in [0.2, 0.25) is 0 Å². The maximum Gasteiger partial charge on any atom is 0.0726 e. The highest BCUT2D eigenvalue weighted by Gasteiger charge is 2.23. The molecule has 1 heterocycles. The Morgan fingerprint density at radius 1 is 1.28 bits per heavy atom. The lowest BCUT2D eigenvalue weighted by Gasteiger charge is -2.37. The van der Waals surface area contributed by atoms with Gasteiger partial charge in [-0.15, -0.1) is 0 Å². The fraction of sp³-hybridized carbons (Fsp3) is 0.600. The molecule has 100 valence electrons. The van der Waals surface area contributed by atoms with Gasteiger partial charge in [-0.1, -0.05) is 12.1 Å². The van der Waals surface area contributed by atoms with Crippen molar-refractivity contribution in [1.82, 2.24) is 0 Å². The van der Waals surface area contributed by atoms with Crippen molar-refractivity contribution in [2.45, 2.75) is 39.4 Å². The summed E-state index contributed by atoms with van der Waals surface area (Å²) in [7, 11) is 0. The number of hydrogen-bond acceptors (Lipinski definition) is 3. The predicted molar refractivity (Wildman–Crippen MR) is 76.2 cm³/mol. The van der Waals surface area contributed by atoms with Crippen molar-refractivity contribution in [3.63, 3.8) is 0 Å². The highest BCUT2D eigenvalue weighted by molar-refractivity contribution is 5.55. The van der Waals surface area contributed by atoms with E-state index in [9.17, 15) is 0 Å². The summed E-state index contributed by atoms with van der Waals surface area (Å²) in [4.78, 5) is 2.43. The smallest absolute Gasteiger partial charge is 0.0726 e. The summed E-state index contributed by atoms with van der Waals surface area (Å²) in [5.74, 6) is 0. The molecule has 2 atom stereocenters. The molecule has 0 saturated carbocycles. The second-order valence-electron chi connectivity index (χ2n) is 5.32. The summed E-state index contributed by atoms with van der Waals surface area (Å²) in [6, 6.07) is 6.68. The monoisotopic (exact) mass is 248 g/mol. The molecule has 3 heteroatoms. The van der Waals surface area contributed by atoms with Gasteiger partial charge in [0.15, 0.2) is 0 Å². The molecule has 0 bridgehead atoms. The third-order valence-electron chi connectivity index (χ3n) is 3.45. The van der Waals surface area contributed by atoms with Gasteiger partial charge in [0.25, 0.3) is 0 Å². The molecule has 18 heavy (non-hydrogen) atoms. The first-order chi connectivity index (χ1) is 8.60. The molecule has 1 aliphatic heterocycles. The van der Waals surface area contributed by atoms with Gasteiger partial charge >= 0.3 is 0 Å². The van der Waals surface area contributed by atoms with Gasteiger partial charge in [0.2, 0.25) is 0 Å². The Hall–Kier alpha value is -1.06. The van der Waals surface area contributed by atoms with E-state index >= 15 is 0 Å². The zero-order valence-corrected chi connectivity index (χ0v) is 11.6. The normalized spacial score (nSPS) is 24.3. The van der Waals surface area contributed by atoms with E-state index < -0.39 is 0 Å². The van der Waals surface area contributed by atoms with E-state index in [-0.39, 0.29) is 0 Å². The Bertz CT molecular complexity index is 395. The SMILES string of the molecule is Cc1cc(CCN)ccc1N1C[C@@H](C)O[C@@H](C)C1. The van der Waals surface area contributed by atoms with Crippen LogP contribution in [-0.2, 0) is 11.2 Å². The second-order valence-corrected chi connectivity index (χ2v) is 5.32. The van der Waals surface area contributed by atoms with Crippen molar-refractivity contribution in [2.75, 3.05) is 24.5 Å². The Morgan fingerprint density at radius 3 is 2.50 bits per heavy atom. The first-order valence-corrected chi connectivity index (χ1v) is 6.80. The van der Waals surface area contributed by atoms with Gasteiger partial charge < -0.3 is 15.4 Å². The lowest BCUT2D eigenvalue weighted by atomic mass is 10.1. The van der Waals surface area contributed by atoms with Crippen molar-refractivity contribution < 1.29 is 4.74 Å². The van der Waals surface area contributed by atoms with Crippen molar-refractivity contribution >= 4 is 5.69 Å². The first kappa shape index (κ1) is 13.4. The van der Waals surface area contributed by atoms with Gasteiger partial charge in [0.05, 0.1) is 12.2 Å². The van der Waals surface area contributed by atoms with Crippen molar-refractivity contribution in [3.05, 3.63) is 29.3 Å². The van der Waals surface area contributed by atoms with E-state index in [0.717, 1.165) is 19.5 Å². The summed E-state index contributed by atoms with van der Waals surface area (Å²) in [5, 5.41) is 0. The van der Waals surface area contributed by atoms with Crippen LogP contribution in [0.3, 0.4) is 0 Å². The average Bonchev–Trinajstić information content (AvgIpc) is 2.28. The van der Waals surface area contributed by atoms with Crippen LogP contribution in [-0.4, -0.2) is 31.8 Å². The van der Waals surface area contributed by atoms with Crippen LogP contribution in [0.5, 0.6) is 0 Å². The molecule has 2 rings (SSSR count). The van der Waals surface area contributed by atoms with E-state index in [1.165, 1.54) is 16.8 Å². The van der Waals surface area contributed by atoms with E-state index in [2.05, 4.69) is 43.9 Å². The largest absolute Gasteiger partial charge is 0.372 e. The number of aryl methyl sites for hydroxylation is 1. The molecule has 0 radical (unpaired) electrons. The van der Waals surface area contributed by atoms with E-state index in [1.807, 2.05) is 0 Å². The van der Waals surface area contributed by atoms with Crippen LogP contribution in [0.25, 0.3) is 0 Å². The van der Waals surface area contributed by atoms with Gasteiger partial charge in [-0.3, -0.25) is 0 Å². The maximum atomic E-state index is 5.78. The number of ether oxygens (including phenoxy) is 1. The van der Waals surface area contributed by atoms with Crippen molar-refractivity contribution in [2.24, 2.45) is 5.73 Å². The number of nitrogens with two attached hydrogens (primary N) is 1. The Balaban J connectivity index is 2.17. The standard InChI is InChI=1S/C15H24N2O/c1-11-8-14(6-7-16)4-5-15(11)17-9-12(2)18-13(3)10-17/h4-5,8,12-13H,6-7,9-10,16H2,1-3H3/t12-,13+. The zero-order chi connectivity index (χ0) is 13.1. The van der Waals surface area contributed by atoms with Gasteiger partial charge in [-0.05, 0) is 50.9 Å². The lowest BCUT2D eigenvalue weighted by Crippen LogP contribution is -2.45. The minimum absolute atomic E-state index is 0.303. The van der Waals surface area contributed by atoms with Gasteiger partial charge in [0, 0.05) is 18.8 Å². The van der Waals surface area contributed by atoms with Crippen LogP contribution in [0.1, 0.15) is 25.0 Å². The molecule has 0 amide bonds. The van der Waals surface area contributed by atoms with Gasteiger partial charge in [-0.2, -0.15) is 0 Å². The highest BCUT2D eigenvalue weighted by Crippen LogP contribution is 2.25. The number of nitrogens with zero attached hydrogens (tertiary/aromatic N) is 1. The summed E-state index contributed by atoms with van der Waals surface area (Å²) in [5.41, 5.74) is 9.59. The first-order valence-electron chi connectivity index (χ1n) is 6.80. The molecule has 0 spiro atoms. The quantitative estimate of drug-likeness (QED) is 0.890. The number of hydrogen-bond donors (Lipinski definition) is 1. The molecule has 1 aromatic rings. The van der Waals surface area contributed by atoms with Crippen molar-refractivity contribution in [1.29, 1.82) is 0 Å². The van der Waals surface area contributed by atoms with Gasteiger partial charge in [-0.25, -0.2) is 0 Å². The summed E-state index contributed by atoms with van der Waals surface area (Å²) >= 11 is 0. The molecule has 1 aromatic carbocycles. The van der Waals surface area contributed by atoms with Crippen LogP contribution in [0.4, 0.5) is 5.69 Å². The zero-order valence-electron chi connectivity index (χ0n) is 11.6. The minimum Gasteiger partial charge on any atom is -0.372 e. The second kappa shape index (κ2) is 5.72. The number of anilines is 1. The molecular formula is C15H24N2O. The Kier molecular flexibility index (Phi) is 4.25. The predicted octanol–water partition coefficient (Wildman–Crippen LogP) is 2.11. The van der Waals surface area contributed by atoms with Crippen LogP contribution in [0, 0.1) is 6.92 Å². The fourth-order valence-electron chi connectivity index (χ4n) is 2.77. The topological polar surface area (TPSA) is 38.5 Å². The molecular weight excluding hydrogens is 224 g/mol. The van der Waals surface area contributed by atoms with E-state index in [0.29, 0.717) is 18.8 Å². The third-order valence-corrected chi connectivity index (χ3v) is 3.45. The molecule has 0 aromatic heterocycles. The van der Waals surface area contributed by atoms with E-state index in [1.54, 1.807) is 0 Å². The lowest BCUT2D eigenvalue weighted by molar-refractivity contribution is -0.00524. The molecule has 0 unspecified atom stereocenters. The van der Waals surface area contributed by atoms with Crippen LogP contribution < -0.4 is 10.6 Å². The minimum atomic E-state index is 0.303. The number of morpholine rings is 1. The summed E-state index contributed by atoms with van der Waals surface area (Å²) < 4.78 is 5.78. The molecule has 1 fully saturated rings. The molecule has 1 saturated heterocycles. The number of benzene rings is 1. The fourth-order valence-corrected chi connectivity index (χ4v) is 2.77. The van der Waals surface area contributed by atoms with Crippen molar-refractivity contribution in [3.8, 4) is 0 Å². The van der Waals surface area contributed by atoms with Crippen LogP contribution >= 0.6 is 0 Å². The van der Waals surface area contributed by atoms with E-state index in [4.69, 9.17) is 10.5 Å². The van der Waals surface area contributed by atoms with Crippen LogP contribution in [0.15, 0.2) is 18.2 Å². The van der Waals surface area contributed by atoms with Gasteiger partial charge in [0.1, 0.15) is 0 Å². The molecule has 1 aliphatic rings. The Labute approximate surface area is 110 Å². The third kappa shape index (κ3) is 3.03. The Morgan fingerprint density at radius 2 is 1.94 bits per heavy atom. The maximum absolute atomic E-state index is 5.78. The molecule has 0 aliphatic carbocycles. The average molecular weight is 248 g/mol. The molecule has 2 N–H and O–H groups in total. The number of rotatable bonds is 3.